The molecule has 0 fully saturated rings. The van der Waals surface area contributed by atoms with Gasteiger partial charge in [0.15, 0.2) is 0 Å². The minimum absolute atomic E-state index is 0.152. The molecule has 0 heterocycles. The van der Waals surface area contributed by atoms with Gasteiger partial charge in [-0.3, -0.25) is 0 Å². The summed E-state index contributed by atoms with van der Waals surface area (Å²) in [5.41, 5.74) is 0.853. The predicted octanol–water partition coefficient (Wildman–Crippen LogP) is 4.81. The molecule has 0 aliphatic rings. The second-order valence-corrected chi connectivity index (χ2v) is 3.79. The molecule has 0 atom stereocenters. The van der Waals surface area contributed by atoms with Crippen LogP contribution in [0.25, 0.3) is 0 Å². The summed E-state index contributed by atoms with van der Waals surface area (Å²) in [4.78, 5) is 0. The summed E-state index contributed by atoms with van der Waals surface area (Å²) >= 11 is 0. The van der Waals surface area contributed by atoms with E-state index in [1.54, 1.807) is 12.1 Å². The molecule has 0 radical (unpaired) electrons. The number of hydrogen-bond donors (Lipinski definition) is 0. The summed E-state index contributed by atoms with van der Waals surface area (Å²) in [6.07, 6.45) is -3.87. The summed E-state index contributed by atoms with van der Waals surface area (Å²) in [7, 11) is 0. The van der Waals surface area contributed by atoms with Crippen molar-refractivity contribution >= 4 is 0 Å². The zero-order chi connectivity index (χ0) is 13.5. The minimum atomic E-state index is -4.61. The first kappa shape index (κ1) is 15.8. The first-order valence-electron chi connectivity index (χ1n) is 5.71. The SMILES string of the molecule is CC.CC(C)Cc1cccc(OC(F)(F)F)c1. The van der Waals surface area contributed by atoms with Crippen LogP contribution in [0.4, 0.5) is 13.2 Å². The number of ether oxygens (including phenoxy) is 1. The van der Waals surface area contributed by atoms with Crippen LogP contribution >= 0.6 is 0 Å². The number of halogens is 3. The highest BCUT2D eigenvalue weighted by Crippen LogP contribution is 2.24. The van der Waals surface area contributed by atoms with Crippen LogP contribution in [0.5, 0.6) is 5.75 Å². The molecule has 0 N–H and O–H groups in total. The Hall–Kier alpha value is -1.19. The average Bonchev–Trinajstić information content (AvgIpc) is 2.17. The van der Waals surface area contributed by atoms with E-state index in [4.69, 9.17) is 0 Å². The zero-order valence-electron chi connectivity index (χ0n) is 10.6. The van der Waals surface area contributed by atoms with E-state index in [9.17, 15) is 13.2 Å². The summed E-state index contributed by atoms with van der Waals surface area (Å²) in [5.74, 6) is 0.256. The van der Waals surface area contributed by atoms with Crippen LogP contribution < -0.4 is 4.74 Å². The van der Waals surface area contributed by atoms with Gasteiger partial charge in [0.2, 0.25) is 0 Å². The molecule has 0 unspecified atom stereocenters. The third-order valence-corrected chi connectivity index (χ3v) is 1.78. The second kappa shape index (κ2) is 7.20. The van der Waals surface area contributed by atoms with Gasteiger partial charge in [0.1, 0.15) is 5.75 Å². The van der Waals surface area contributed by atoms with Crippen molar-refractivity contribution in [3.8, 4) is 5.75 Å². The van der Waals surface area contributed by atoms with E-state index in [0.717, 1.165) is 12.0 Å². The van der Waals surface area contributed by atoms with Gasteiger partial charge >= 0.3 is 6.36 Å². The Morgan fingerprint density at radius 1 is 1.18 bits per heavy atom. The van der Waals surface area contributed by atoms with Gasteiger partial charge in [-0.15, -0.1) is 13.2 Å². The highest BCUT2D eigenvalue weighted by atomic mass is 19.4. The van der Waals surface area contributed by atoms with E-state index in [-0.39, 0.29) is 5.75 Å². The maximum Gasteiger partial charge on any atom is 0.573 e. The van der Waals surface area contributed by atoms with Gasteiger partial charge in [-0.05, 0) is 30.0 Å². The Kier molecular flexibility index (Phi) is 6.69. The number of hydrogen-bond acceptors (Lipinski definition) is 1. The molecule has 0 amide bonds. The van der Waals surface area contributed by atoms with E-state index in [2.05, 4.69) is 4.74 Å². The van der Waals surface area contributed by atoms with E-state index in [1.165, 1.54) is 12.1 Å². The molecule has 0 saturated carbocycles. The topological polar surface area (TPSA) is 9.23 Å². The van der Waals surface area contributed by atoms with Crippen molar-refractivity contribution in [3.05, 3.63) is 29.8 Å². The van der Waals surface area contributed by atoms with Crippen molar-refractivity contribution in [1.29, 1.82) is 0 Å². The van der Waals surface area contributed by atoms with Crippen molar-refractivity contribution in [3.63, 3.8) is 0 Å². The molecule has 17 heavy (non-hydrogen) atoms. The Balaban J connectivity index is 0.00000121. The summed E-state index contributed by atoms with van der Waals surface area (Å²) in [6.45, 7) is 8.02. The molecule has 0 aromatic heterocycles. The van der Waals surface area contributed by atoms with E-state index < -0.39 is 6.36 Å². The van der Waals surface area contributed by atoms with E-state index >= 15 is 0 Å². The third-order valence-electron chi connectivity index (χ3n) is 1.78. The van der Waals surface area contributed by atoms with E-state index in [0.29, 0.717) is 5.92 Å². The Bertz CT molecular complexity index is 319. The van der Waals surface area contributed by atoms with Gasteiger partial charge in [0.05, 0.1) is 0 Å². The molecule has 1 rings (SSSR count). The predicted molar refractivity (Wildman–Crippen MR) is 63.0 cm³/mol. The molecule has 4 heteroatoms. The molecule has 0 spiro atoms. The molecular weight excluding hydrogens is 229 g/mol. The number of benzene rings is 1. The molecule has 0 aliphatic heterocycles. The van der Waals surface area contributed by atoms with E-state index in [1.807, 2.05) is 27.7 Å². The molecular formula is C13H19F3O. The van der Waals surface area contributed by atoms with Crippen molar-refractivity contribution in [1.82, 2.24) is 0 Å². The summed E-state index contributed by atoms with van der Waals surface area (Å²) < 4.78 is 39.6. The molecule has 1 aromatic rings. The Morgan fingerprint density at radius 2 is 1.76 bits per heavy atom. The van der Waals surface area contributed by atoms with Gasteiger partial charge in [-0.25, -0.2) is 0 Å². The van der Waals surface area contributed by atoms with Gasteiger partial charge < -0.3 is 4.74 Å². The maximum absolute atomic E-state index is 11.9. The fourth-order valence-electron chi connectivity index (χ4n) is 1.34. The first-order valence-corrected chi connectivity index (χ1v) is 5.71. The van der Waals surface area contributed by atoms with Crippen LogP contribution in [-0.4, -0.2) is 6.36 Å². The average molecular weight is 248 g/mol. The van der Waals surface area contributed by atoms with Crippen molar-refractivity contribution in [2.75, 3.05) is 0 Å². The standard InChI is InChI=1S/C11H13F3O.C2H6/c1-8(2)6-9-4-3-5-10(7-9)15-11(12,13)14;1-2/h3-5,7-8H,6H2,1-2H3;1-2H3. The first-order chi connectivity index (χ1) is 7.87. The summed E-state index contributed by atoms with van der Waals surface area (Å²) in [6, 6.07) is 6.09. The lowest BCUT2D eigenvalue weighted by Crippen LogP contribution is -2.17. The molecule has 1 nitrogen and oxygen atoms in total. The van der Waals surface area contributed by atoms with Gasteiger partial charge in [-0.2, -0.15) is 0 Å². The monoisotopic (exact) mass is 248 g/mol. The normalized spacial score (nSPS) is 10.8. The van der Waals surface area contributed by atoms with Crippen molar-refractivity contribution in [2.45, 2.75) is 40.5 Å². The minimum Gasteiger partial charge on any atom is -0.406 e. The molecule has 0 saturated heterocycles. The maximum atomic E-state index is 11.9. The van der Waals surface area contributed by atoms with Crippen molar-refractivity contribution < 1.29 is 17.9 Å². The van der Waals surface area contributed by atoms with Crippen LogP contribution in [0, 0.1) is 5.92 Å². The lowest BCUT2D eigenvalue weighted by molar-refractivity contribution is -0.274. The highest BCUT2D eigenvalue weighted by molar-refractivity contribution is 5.28. The van der Waals surface area contributed by atoms with Gasteiger partial charge in [0.25, 0.3) is 0 Å². The third kappa shape index (κ3) is 7.66. The zero-order valence-corrected chi connectivity index (χ0v) is 10.6. The Morgan fingerprint density at radius 3 is 2.24 bits per heavy atom. The largest absolute Gasteiger partial charge is 0.573 e. The quantitative estimate of drug-likeness (QED) is 0.745. The smallest absolute Gasteiger partial charge is 0.406 e. The summed E-state index contributed by atoms with van der Waals surface area (Å²) in [5, 5.41) is 0. The fourth-order valence-corrected chi connectivity index (χ4v) is 1.34. The van der Waals surface area contributed by atoms with Crippen molar-refractivity contribution in [2.24, 2.45) is 5.92 Å². The molecule has 0 bridgehead atoms. The van der Waals surface area contributed by atoms with Crippen LogP contribution in [0.1, 0.15) is 33.3 Å². The molecule has 1 aromatic carbocycles. The van der Waals surface area contributed by atoms with Crippen LogP contribution in [0.2, 0.25) is 0 Å². The van der Waals surface area contributed by atoms with Gasteiger partial charge in [0, 0.05) is 0 Å². The van der Waals surface area contributed by atoms with Crippen LogP contribution in [0.15, 0.2) is 24.3 Å². The second-order valence-electron chi connectivity index (χ2n) is 3.79. The lowest BCUT2D eigenvalue weighted by Gasteiger charge is -2.10. The van der Waals surface area contributed by atoms with Crippen LogP contribution in [-0.2, 0) is 6.42 Å². The lowest BCUT2D eigenvalue weighted by atomic mass is 10.0. The molecule has 98 valence electrons. The number of rotatable bonds is 3. The Labute approximate surface area is 101 Å². The van der Waals surface area contributed by atoms with Gasteiger partial charge in [-0.1, -0.05) is 39.8 Å². The fraction of sp³-hybridized carbons (Fsp3) is 0.538. The number of alkyl halides is 3. The highest BCUT2D eigenvalue weighted by Gasteiger charge is 2.31. The van der Waals surface area contributed by atoms with Crippen LogP contribution in [0.3, 0.4) is 0 Å². The molecule has 0 aliphatic carbocycles.